The van der Waals surface area contributed by atoms with Crippen molar-refractivity contribution in [2.24, 2.45) is 0 Å². The molecule has 1 amide bonds. The first-order valence-corrected chi connectivity index (χ1v) is 11.9. The largest absolute Gasteiger partial charge is 0.494 e. The monoisotopic (exact) mass is 474 g/mol. The van der Waals surface area contributed by atoms with E-state index in [1.807, 2.05) is 38.1 Å². The van der Waals surface area contributed by atoms with Crippen molar-refractivity contribution in [1.29, 1.82) is 0 Å². The third kappa shape index (κ3) is 7.91. The Morgan fingerprint density at radius 3 is 2.33 bits per heavy atom. The van der Waals surface area contributed by atoms with Gasteiger partial charge >= 0.3 is 0 Å². The molecule has 1 heterocycles. The molecule has 2 aromatic rings. The predicted molar refractivity (Wildman–Crippen MR) is 131 cm³/mol. The Bertz CT molecular complexity index is 901. The summed E-state index contributed by atoms with van der Waals surface area (Å²) in [5.74, 6) is 1.57. The summed E-state index contributed by atoms with van der Waals surface area (Å²) in [5, 5.41) is 14.5. The van der Waals surface area contributed by atoms with Crippen LogP contribution >= 0.6 is 11.6 Å². The molecule has 2 aromatic carbocycles. The number of nitrogens with zero attached hydrogens (tertiary/aromatic N) is 1. The number of aliphatic hydroxyl groups is 1. The van der Waals surface area contributed by atoms with Gasteiger partial charge in [-0.1, -0.05) is 23.7 Å². The average Bonchev–Trinajstić information content (AvgIpc) is 2.78. The number of halogens is 1. The maximum Gasteiger partial charge on any atom is 0.216 e. The molecule has 1 aliphatic heterocycles. The molecule has 0 aromatic heterocycles. The second-order valence-electron chi connectivity index (χ2n) is 8.99. The van der Waals surface area contributed by atoms with Crippen LogP contribution in [0, 0.1) is 13.8 Å². The Morgan fingerprint density at radius 2 is 1.73 bits per heavy atom. The molecule has 0 unspecified atom stereocenters. The Labute approximate surface area is 201 Å². The standard InChI is InChI=1S/C26H35ClN2O4/c1-19-15-24(16-20(2)25(19)27)33-18-26(31)9-12-29(13-10-26)17-22-5-7-23(8-6-22)32-14-4-11-28-21(3)30/h5-8,15-16,31H,4,9-14,17-18H2,1-3H3,(H,28,30). The quantitative estimate of drug-likeness (QED) is 0.503. The molecule has 0 bridgehead atoms. The van der Waals surface area contributed by atoms with Gasteiger partial charge in [0.25, 0.3) is 0 Å². The number of nitrogens with one attached hydrogen (secondary N) is 1. The maximum absolute atomic E-state index is 11.0. The Kier molecular flexibility index (Phi) is 9.01. The molecule has 0 saturated carbocycles. The van der Waals surface area contributed by atoms with Crippen LogP contribution in [-0.4, -0.2) is 54.4 Å². The van der Waals surface area contributed by atoms with Crippen molar-refractivity contribution in [3.8, 4) is 11.5 Å². The third-order valence-electron chi connectivity index (χ3n) is 6.00. The van der Waals surface area contributed by atoms with Gasteiger partial charge in [0.2, 0.25) is 5.91 Å². The lowest BCUT2D eigenvalue weighted by Gasteiger charge is -2.38. The zero-order chi connectivity index (χ0) is 23.8. The maximum atomic E-state index is 11.0. The van der Waals surface area contributed by atoms with E-state index in [0.29, 0.717) is 26.0 Å². The fraction of sp³-hybridized carbons (Fsp3) is 0.500. The summed E-state index contributed by atoms with van der Waals surface area (Å²) in [6, 6.07) is 12.0. The van der Waals surface area contributed by atoms with Crippen LogP contribution in [0.15, 0.2) is 36.4 Å². The van der Waals surface area contributed by atoms with E-state index in [-0.39, 0.29) is 12.5 Å². The van der Waals surface area contributed by atoms with Gasteiger partial charge in [-0.2, -0.15) is 0 Å². The van der Waals surface area contributed by atoms with E-state index in [9.17, 15) is 9.90 Å². The van der Waals surface area contributed by atoms with Gasteiger partial charge in [-0.05, 0) is 74.1 Å². The van der Waals surface area contributed by atoms with Crippen LogP contribution in [-0.2, 0) is 11.3 Å². The summed E-state index contributed by atoms with van der Waals surface area (Å²) in [6.45, 7) is 9.40. The van der Waals surface area contributed by atoms with Crippen molar-refractivity contribution in [1.82, 2.24) is 10.2 Å². The first-order chi connectivity index (χ1) is 15.7. The predicted octanol–water partition coefficient (Wildman–Crippen LogP) is 4.27. The van der Waals surface area contributed by atoms with E-state index in [0.717, 1.165) is 53.7 Å². The van der Waals surface area contributed by atoms with E-state index in [2.05, 4.69) is 22.3 Å². The van der Waals surface area contributed by atoms with Gasteiger partial charge in [0, 0.05) is 38.1 Å². The molecule has 3 rings (SSSR count). The number of benzene rings is 2. The summed E-state index contributed by atoms with van der Waals surface area (Å²) in [4.78, 5) is 13.2. The van der Waals surface area contributed by atoms with Crippen LogP contribution in [0.25, 0.3) is 0 Å². The summed E-state index contributed by atoms with van der Waals surface area (Å²) >= 11 is 6.23. The zero-order valence-corrected chi connectivity index (χ0v) is 20.6. The molecule has 6 nitrogen and oxygen atoms in total. The zero-order valence-electron chi connectivity index (χ0n) is 19.8. The fourth-order valence-electron chi connectivity index (χ4n) is 3.95. The van der Waals surface area contributed by atoms with Gasteiger partial charge in [0.05, 0.1) is 6.61 Å². The van der Waals surface area contributed by atoms with E-state index in [1.165, 1.54) is 12.5 Å². The van der Waals surface area contributed by atoms with Gasteiger partial charge in [-0.3, -0.25) is 9.69 Å². The normalized spacial score (nSPS) is 15.8. The van der Waals surface area contributed by atoms with Crippen LogP contribution in [0.5, 0.6) is 11.5 Å². The van der Waals surface area contributed by atoms with Crippen molar-refractivity contribution in [2.45, 2.75) is 52.2 Å². The molecule has 0 radical (unpaired) electrons. The van der Waals surface area contributed by atoms with Crippen molar-refractivity contribution in [2.75, 3.05) is 32.8 Å². The summed E-state index contributed by atoms with van der Waals surface area (Å²) in [5.41, 5.74) is 2.37. The highest BCUT2D eigenvalue weighted by Gasteiger charge is 2.33. The lowest BCUT2D eigenvalue weighted by Crippen LogP contribution is -2.47. The molecular weight excluding hydrogens is 440 g/mol. The Morgan fingerprint density at radius 1 is 1.09 bits per heavy atom. The van der Waals surface area contributed by atoms with Crippen molar-refractivity contribution >= 4 is 17.5 Å². The van der Waals surface area contributed by atoms with Crippen LogP contribution in [0.3, 0.4) is 0 Å². The highest BCUT2D eigenvalue weighted by Crippen LogP contribution is 2.29. The van der Waals surface area contributed by atoms with Crippen LogP contribution in [0.2, 0.25) is 5.02 Å². The second kappa shape index (κ2) is 11.7. The van der Waals surface area contributed by atoms with Gasteiger partial charge in [-0.15, -0.1) is 0 Å². The highest BCUT2D eigenvalue weighted by atomic mass is 35.5. The second-order valence-corrected chi connectivity index (χ2v) is 9.37. The fourth-order valence-corrected chi connectivity index (χ4v) is 4.06. The molecule has 2 N–H and O–H groups in total. The van der Waals surface area contributed by atoms with Gasteiger partial charge in [-0.25, -0.2) is 0 Å². The number of piperidine rings is 1. The number of amides is 1. The number of likely N-dealkylation sites (tertiary alicyclic amines) is 1. The smallest absolute Gasteiger partial charge is 0.216 e. The van der Waals surface area contributed by atoms with E-state index in [1.54, 1.807) is 0 Å². The van der Waals surface area contributed by atoms with Crippen molar-refractivity contribution < 1.29 is 19.4 Å². The molecule has 33 heavy (non-hydrogen) atoms. The minimum atomic E-state index is -0.813. The molecule has 1 saturated heterocycles. The minimum Gasteiger partial charge on any atom is -0.494 e. The third-order valence-corrected chi connectivity index (χ3v) is 6.59. The number of rotatable bonds is 10. The molecule has 0 spiro atoms. The molecule has 7 heteroatoms. The Balaban J connectivity index is 1.40. The lowest BCUT2D eigenvalue weighted by atomic mass is 9.92. The minimum absolute atomic E-state index is 0.0187. The van der Waals surface area contributed by atoms with Crippen molar-refractivity contribution in [3.05, 3.63) is 58.1 Å². The lowest BCUT2D eigenvalue weighted by molar-refractivity contribution is -0.118. The van der Waals surface area contributed by atoms with Crippen LogP contribution < -0.4 is 14.8 Å². The molecule has 180 valence electrons. The number of ether oxygens (including phenoxy) is 2. The number of carbonyl (C=O) groups is 1. The molecule has 1 aliphatic rings. The highest BCUT2D eigenvalue weighted by molar-refractivity contribution is 6.32. The first-order valence-electron chi connectivity index (χ1n) is 11.5. The van der Waals surface area contributed by atoms with Gasteiger partial charge < -0.3 is 19.9 Å². The summed E-state index contributed by atoms with van der Waals surface area (Å²) in [6.07, 6.45) is 2.13. The molecule has 0 aliphatic carbocycles. The van der Waals surface area contributed by atoms with E-state index in [4.69, 9.17) is 21.1 Å². The number of aryl methyl sites for hydroxylation is 2. The molecular formula is C26H35ClN2O4. The Hall–Kier alpha value is -2.28. The molecule has 1 fully saturated rings. The number of hydrogen-bond acceptors (Lipinski definition) is 5. The summed E-state index contributed by atoms with van der Waals surface area (Å²) in [7, 11) is 0. The van der Waals surface area contributed by atoms with Gasteiger partial charge in [0.1, 0.15) is 23.7 Å². The topological polar surface area (TPSA) is 71.0 Å². The van der Waals surface area contributed by atoms with Crippen molar-refractivity contribution in [3.63, 3.8) is 0 Å². The van der Waals surface area contributed by atoms with E-state index < -0.39 is 5.60 Å². The number of hydrogen-bond donors (Lipinski definition) is 2. The number of carbonyl (C=O) groups excluding carboxylic acids is 1. The van der Waals surface area contributed by atoms with Crippen LogP contribution in [0.1, 0.15) is 42.9 Å². The van der Waals surface area contributed by atoms with Crippen LogP contribution in [0.4, 0.5) is 0 Å². The van der Waals surface area contributed by atoms with Gasteiger partial charge in [0.15, 0.2) is 0 Å². The SMILES string of the molecule is CC(=O)NCCCOc1ccc(CN2CCC(O)(COc3cc(C)c(Cl)c(C)c3)CC2)cc1. The first kappa shape index (κ1) is 25.3. The molecule has 0 atom stereocenters. The van der Waals surface area contributed by atoms with E-state index >= 15 is 0 Å². The average molecular weight is 475 g/mol. The summed E-state index contributed by atoms with van der Waals surface area (Å²) < 4.78 is 11.7.